The van der Waals surface area contributed by atoms with Crippen LogP contribution in [0.15, 0.2) is 23.1 Å². The van der Waals surface area contributed by atoms with Crippen LogP contribution in [0.2, 0.25) is 0 Å². The van der Waals surface area contributed by atoms with Gasteiger partial charge in [0.1, 0.15) is 19.4 Å². The zero-order valence-corrected chi connectivity index (χ0v) is 13.1. The molecule has 1 unspecified atom stereocenters. The number of fused-ring (bicyclic) bond motifs is 1. The van der Waals surface area contributed by atoms with Gasteiger partial charge in [0.2, 0.25) is 10.0 Å². The van der Waals surface area contributed by atoms with Gasteiger partial charge < -0.3 is 14.2 Å². The van der Waals surface area contributed by atoms with E-state index in [9.17, 15) is 8.42 Å². The smallest absolute Gasteiger partial charge is 0.245 e. The molecule has 6 nitrogen and oxygen atoms in total. The van der Waals surface area contributed by atoms with Gasteiger partial charge in [-0.25, -0.2) is 8.42 Å². The lowest BCUT2D eigenvalue weighted by Crippen LogP contribution is -2.47. The summed E-state index contributed by atoms with van der Waals surface area (Å²) >= 11 is 0. The monoisotopic (exact) mass is 313 g/mol. The quantitative estimate of drug-likeness (QED) is 0.830. The average molecular weight is 313 g/mol. The van der Waals surface area contributed by atoms with Gasteiger partial charge in [-0.05, 0) is 32.9 Å². The highest BCUT2D eigenvalue weighted by Crippen LogP contribution is 2.37. The van der Waals surface area contributed by atoms with Crippen molar-refractivity contribution in [3.63, 3.8) is 0 Å². The Morgan fingerprint density at radius 2 is 1.86 bits per heavy atom. The molecule has 1 aromatic rings. The first-order valence-corrected chi connectivity index (χ1v) is 8.32. The summed E-state index contributed by atoms with van der Waals surface area (Å²) in [6.07, 6.45) is -0.488. The Morgan fingerprint density at radius 1 is 1.19 bits per heavy atom. The third-order valence-corrected chi connectivity index (χ3v) is 5.83. The van der Waals surface area contributed by atoms with Crippen LogP contribution in [0.4, 0.5) is 0 Å². The van der Waals surface area contributed by atoms with Crippen molar-refractivity contribution in [3.05, 3.63) is 18.2 Å². The summed E-state index contributed by atoms with van der Waals surface area (Å²) in [6.45, 7) is 6.72. The second-order valence-corrected chi connectivity index (χ2v) is 7.64. The van der Waals surface area contributed by atoms with Crippen molar-refractivity contribution in [2.75, 3.05) is 19.8 Å². The van der Waals surface area contributed by atoms with Crippen molar-refractivity contribution < 1.29 is 22.6 Å². The number of sulfonamides is 1. The number of benzene rings is 1. The summed E-state index contributed by atoms with van der Waals surface area (Å²) in [5, 5.41) is 0. The number of rotatable bonds is 2. The predicted octanol–water partition coefficient (Wildman–Crippen LogP) is 1.60. The first-order valence-electron chi connectivity index (χ1n) is 6.88. The molecule has 0 aliphatic carbocycles. The maximum Gasteiger partial charge on any atom is 0.245 e. The number of nitrogens with zero attached hydrogens (tertiary/aromatic N) is 1. The van der Waals surface area contributed by atoms with Crippen LogP contribution in [0, 0.1) is 0 Å². The van der Waals surface area contributed by atoms with Crippen molar-refractivity contribution in [1.82, 2.24) is 4.31 Å². The van der Waals surface area contributed by atoms with Crippen molar-refractivity contribution in [1.29, 1.82) is 0 Å². The van der Waals surface area contributed by atoms with Crippen LogP contribution < -0.4 is 9.47 Å². The highest BCUT2D eigenvalue weighted by molar-refractivity contribution is 7.89. The van der Waals surface area contributed by atoms with Crippen LogP contribution in [-0.2, 0) is 14.8 Å². The summed E-state index contributed by atoms with van der Waals surface area (Å²) in [5.74, 6) is 1.04. The fraction of sp³-hybridized carbons (Fsp3) is 0.571. The molecular formula is C14H19NO5S. The first kappa shape index (κ1) is 14.6. The van der Waals surface area contributed by atoms with Crippen LogP contribution in [0.25, 0.3) is 0 Å². The van der Waals surface area contributed by atoms with E-state index in [0.717, 1.165) is 0 Å². The second kappa shape index (κ2) is 4.86. The molecule has 2 heterocycles. The van der Waals surface area contributed by atoms with Crippen LogP contribution >= 0.6 is 0 Å². The van der Waals surface area contributed by atoms with Gasteiger partial charge in [0.25, 0.3) is 0 Å². The lowest BCUT2D eigenvalue weighted by molar-refractivity contribution is 0.0843. The van der Waals surface area contributed by atoms with E-state index in [1.807, 2.05) is 13.8 Å². The topological polar surface area (TPSA) is 65.1 Å². The molecule has 2 aliphatic rings. The van der Waals surface area contributed by atoms with E-state index in [2.05, 4.69) is 0 Å². The molecule has 0 spiro atoms. The standard InChI is InChI=1S/C14H19NO5S/c1-10-15(14(2,3)9-20-10)21(16,17)11-4-5-12-13(8-11)19-7-6-18-12/h4-5,8,10H,6-7,9H2,1-3H3. The van der Waals surface area contributed by atoms with E-state index < -0.39 is 21.8 Å². The summed E-state index contributed by atoms with van der Waals surface area (Å²) in [7, 11) is -3.66. The van der Waals surface area contributed by atoms with Crippen molar-refractivity contribution in [3.8, 4) is 11.5 Å². The van der Waals surface area contributed by atoms with Crippen LogP contribution in [-0.4, -0.2) is 44.3 Å². The molecule has 0 amide bonds. The molecule has 1 atom stereocenters. The Bertz CT molecular complexity index is 655. The minimum Gasteiger partial charge on any atom is -0.486 e. The molecule has 7 heteroatoms. The Labute approximate surface area is 124 Å². The van der Waals surface area contributed by atoms with Crippen LogP contribution in [0.5, 0.6) is 11.5 Å². The molecular weight excluding hydrogens is 294 g/mol. The van der Waals surface area contributed by atoms with Crippen LogP contribution in [0.3, 0.4) is 0 Å². The lowest BCUT2D eigenvalue weighted by atomic mass is 10.1. The summed E-state index contributed by atoms with van der Waals surface area (Å²) in [4.78, 5) is 0.192. The van der Waals surface area contributed by atoms with Gasteiger partial charge in [-0.15, -0.1) is 0 Å². The van der Waals surface area contributed by atoms with Gasteiger partial charge in [0, 0.05) is 6.07 Å². The fourth-order valence-electron chi connectivity index (χ4n) is 2.77. The molecule has 1 saturated heterocycles. The van der Waals surface area contributed by atoms with E-state index in [1.54, 1.807) is 19.1 Å². The van der Waals surface area contributed by atoms with Crippen molar-refractivity contribution in [2.24, 2.45) is 0 Å². The minimum atomic E-state index is -3.66. The molecule has 0 aromatic heterocycles. The van der Waals surface area contributed by atoms with E-state index in [1.165, 1.54) is 10.4 Å². The third kappa shape index (κ3) is 2.39. The third-order valence-electron chi connectivity index (χ3n) is 3.68. The van der Waals surface area contributed by atoms with Gasteiger partial charge in [-0.3, -0.25) is 0 Å². The van der Waals surface area contributed by atoms with E-state index in [0.29, 0.717) is 31.3 Å². The molecule has 116 valence electrons. The van der Waals surface area contributed by atoms with Crippen LogP contribution in [0.1, 0.15) is 20.8 Å². The number of hydrogen-bond acceptors (Lipinski definition) is 5. The number of ether oxygens (including phenoxy) is 3. The Hall–Kier alpha value is -1.31. The maximum atomic E-state index is 12.9. The Balaban J connectivity index is 2.02. The number of hydrogen-bond donors (Lipinski definition) is 0. The maximum absolute atomic E-state index is 12.9. The Kier molecular flexibility index (Phi) is 3.38. The highest BCUT2D eigenvalue weighted by atomic mass is 32.2. The molecule has 1 aromatic carbocycles. The Morgan fingerprint density at radius 3 is 2.48 bits per heavy atom. The van der Waals surface area contributed by atoms with E-state index >= 15 is 0 Å². The zero-order chi connectivity index (χ0) is 15.3. The van der Waals surface area contributed by atoms with Crippen molar-refractivity contribution >= 4 is 10.0 Å². The molecule has 21 heavy (non-hydrogen) atoms. The highest BCUT2D eigenvalue weighted by Gasteiger charge is 2.46. The summed E-state index contributed by atoms with van der Waals surface area (Å²) in [5.41, 5.74) is -0.578. The summed E-state index contributed by atoms with van der Waals surface area (Å²) < 4.78 is 43.6. The fourth-order valence-corrected chi connectivity index (χ4v) is 4.64. The van der Waals surface area contributed by atoms with E-state index in [-0.39, 0.29) is 4.90 Å². The summed E-state index contributed by atoms with van der Waals surface area (Å²) in [6, 6.07) is 4.70. The lowest BCUT2D eigenvalue weighted by Gasteiger charge is -2.31. The van der Waals surface area contributed by atoms with Gasteiger partial charge in [-0.2, -0.15) is 4.31 Å². The zero-order valence-electron chi connectivity index (χ0n) is 12.3. The molecule has 1 fully saturated rings. The van der Waals surface area contributed by atoms with Gasteiger partial charge in [0.15, 0.2) is 11.5 Å². The molecule has 0 saturated carbocycles. The first-order chi connectivity index (χ1) is 9.82. The normalized spacial score (nSPS) is 25.0. The minimum absolute atomic E-state index is 0.192. The SMILES string of the molecule is CC1OCC(C)(C)N1S(=O)(=O)c1ccc2c(c1)OCCO2. The van der Waals surface area contributed by atoms with E-state index in [4.69, 9.17) is 14.2 Å². The van der Waals surface area contributed by atoms with Gasteiger partial charge >= 0.3 is 0 Å². The largest absolute Gasteiger partial charge is 0.486 e. The molecule has 0 N–H and O–H groups in total. The van der Waals surface area contributed by atoms with Crippen molar-refractivity contribution in [2.45, 2.75) is 37.4 Å². The van der Waals surface area contributed by atoms with Gasteiger partial charge in [0.05, 0.1) is 17.0 Å². The molecule has 3 rings (SSSR count). The molecule has 0 bridgehead atoms. The molecule has 2 aliphatic heterocycles. The van der Waals surface area contributed by atoms with Gasteiger partial charge in [-0.1, -0.05) is 0 Å². The second-order valence-electron chi connectivity index (χ2n) is 5.83. The average Bonchev–Trinajstić information content (AvgIpc) is 2.72. The molecule has 0 radical (unpaired) electrons. The predicted molar refractivity (Wildman–Crippen MR) is 75.9 cm³/mol.